The molecule has 1 amide bonds. The molecule has 4 nitrogen and oxygen atoms in total. The van der Waals surface area contributed by atoms with Gasteiger partial charge in [0, 0.05) is 12.7 Å². The highest BCUT2D eigenvalue weighted by Crippen LogP contribution is 2.15. The Kier molecular flexibility index (Phi) is 3.74. The molecule has 92 valence electrons. The summed E-state index contributed by atoms with van der Waals surface area (Å²) in [7, 11) is 0. The largest absolute Gasteiger partial charge is 0.350 e. The van der Waals surface area contributed by atoms with Gasteiger partial charge in [0.25, 0.3) is 0 Å². The molecule has 2 heterocycles. The van der Waals surface area contributed by atoms with Gasteiger partial charge in [0.05, 0.1) is 18.2 Å². The van der Waals surface area contributed by atoms with Crippen LogP contribution in [0.1, 0.15) is 18.2 Å². The smallest absolute Gasteiger partial charge is 0.225 e. The van der Waals surface area contributed by atoms with Crippen molar-refractivity contribution in [1.82, 2.24) is 15.6 Å². The van der Waals surface area contributed by atoms with Crippen molar-refractivity contribution in [3.63, 3.8) is 0 Å². The first-order valence-corrected chi connectivity index (χ1v) is 6.07. The van der Waals surface area contributed by atoms with Crippen molar-refractivity contribution >= 4 is 5.91 Å². The molecule has 2 rings (SSSR count). The van der Waals surface area contributed by atoms with E-state index in [-0.39, 0.29) is 11.8 Å². The number of hydrogen-bond acceptors (Lipinski definition) is 3. The summed E-state index contributed by atoms with van der Waals surface area (Å²) in [6, 6.07) is 3.91. The highest BCUT2D eigenvalue weighted by Gasteiger charge is 2.29. The molecular formula is C13H19N3O. The van der Waals surface area contributed by atoms with Crippen molar-refractivity contribution in [1.29, 1.82) is 0 Å². The summed E-state index contributed by atoms with van der Waals surface area (Å²) in [4.78, 5) is 16.2. The number of aromatic nitrogens is 1. The Morgan fingerprint density at radius 1 is 1.59 bits per heavy atom. The molecule has 0 aliphatic carbocycles. The van der Waals surface area contributed by atoms with Gasteiger partial charge in [-0.2, -0.15) is 0 Å². The first-order chi connectivity index (χ1) is 8.18. The molecule has 4 heteroatoms. The zero-order valence-corrected chi connectivity index (χ0v) is 10.4. The van der Waals surface area contributed by atoms with Gasteiger partial charge in [0.15, 0.2) is 0 Å². The van der Waals surface area contributed by atoms with Crippen LogP contribution in [0, 0.1) is 18.8 Å². The molecule has 1 aromatic rings. The quantitative estimate of drug-likeness (QED) is 0.814. The van der Waals surface area contributed by atoms with Crippen LogP contribution in [-0.4, -0.2) is 24.0 Å². The van der Waals surface area contributed by atoms with Crippen molar-refractivity contribution in [3.8, 4) is 0 Å². The first kappa shape index (κ1) is 12.0. The van der Waals surface area contributed by atoms with Crippen LogP contribution >= 0.6 is 0 Å². The van der Waals surface area contributed by atoms with Gasteiger partial charge in [0.1, 0.15) is 0 Å². The van der Waals surface area contributed by atoms with Crippen LogP contribution < -0.4 is 10.6 Å². The highest BCUT2D eigenvalue weighted by atomic mass is 16.1. The van der Waals surface area contributed by atoms with E-state index in [1.807, 2.05) is 19.1 Å². The van der Waals surface area contributed by atoms with Gasteiger partial charge in [0.2, 0.25) is 5.91 Å². The van der Waals surface area contributed by atoms with Gasteiger partial charge in [-0.3, -0.25) is 9.78 Å². The lowest BCUT2D eigenvalue weighted by Gasteiger charge is -2.14. The highest BCUT2D eigenvalue weighted by molar-refractivity contribution is 5.79. The van der Waals surface area contributed by atoms with E-state index in [9.17, 15) is 4.79 Å². The number of aryl methyl sites for hydroxylation is 1. The molecule has 2 N–H and O–H groups in total. The van der Waals surface area contributed by atoms with E-state index in [1.165, 1.54) is 0 Å². The standard InChI is InChI=1S/C13H19N3O/c1-9-4-3-5-15-12(9)8-16-13(17)11-7-14-6-10(11)2/h3-5,10-11,14H,6-8H2,1-2H3,(H,16,17). The van der Waals surface area contributed by atoms with Gasteiger partial charge >= 0.3 is 0 Å². The molecule has 1 fully saturated rings. The minimum absolute atomic E-state index is 0.0963. The van der Waals surface area contributed by atoms with E-state index in [0.717, 1.165) is 24.3 Å². The van der Waals surface area contributed by atoms with Gasteiger partial charge in [-0.15, -0.1) is 0 Å². The second-order valence-corrected chi connectivity index (χ2v) is 4.73. The summed E-state index contributed by atoms with van der Waals surface area (Å²) >= 11 is 0. The van der Waals surface area contributed by atoms with Crippen molar-refractivity contribution in [2.75, 3.05) is 13.1 Å². The van der Waals surface area contributed by atoms with Crippen LogP contribution in [0.25, 0.3) is 0 Å². The van der Waals surface area contributed by atoms with Crippen LogP contribution in [0.15, 0.2) is 18.3 Å². The number of pyridine rings is 1. The topological polar surface area (TPSA) is 54.0 Å². The van der Waals surface area contributed by atoms with Crippen LogP contribution in [-0.2, 0) is 11.3 Å². The Morgan fingerprint density at radius 3 is 3.06 bits per heavy atom. The lowest BCUT2D eigenvalue weighted by molar-refractivity contribution is -0.125. The monoisotopic (exact) mass is 233 g/mol. The molecule has 0 saturated carbocycles. The van der Waals surface area contributed by atoms with E-state index >= 15 is 0 Å². The maximum absolute atomic E-state index is 12.0. The number of carbonyl (C=O) groups is 1. The minimum atomic E-state index is 0.0963. The third-order valence-corrected chi connectivity index (χ3v) is 3.40. The predicted molar refractivity (Wildman–Crippen MR) is 66.3 cm³/mol. The van der Waals surface area contributed by atoms with Gasteiger partial charge in [-0.1, -0.05) is 13.0 Å². The SMILES string of the molecule is Cc1cccnc1CNC(=O)C1CNCC1C. The van der Waals surface area contributed by atoms with Crippen LogP contribution in [0.4, 0.5) is 0 Å². The fourth-order valence-corrected chi connectivity index (χ4v) is 2.17. The Hall–Kier alpha value is -1.42. The average molecular weight is 233 g/mol. The number of carbonyl (C=O) groups excluding carboxylic acids is 1. The summed E-state index contributed by atoms with van der Waals surface area (Å²) in [6.45, 7) is 6.36. The third-order valence-electron chi connectivity index (χ3n) is 3.40. The van der Waals surface area contributed by atoms with Crippen LogP contribution in [0.3, 0.4) is 0 Å². The molecule has 0 radical (unpaired) electrons. The van der Waals surface area contributed by atoms with Gasteiger partial charge in [-0.25, -0.2) is 0 Å². The second kappa shape index (κ2) is 5.27. The van der Waals surface area contributed by atoms with E-state index in [4.69, 9.17) is 0 Å². The zero-order valence-electron chi connectivity index (χ0n) is 10.4. The molecule has 0 bridgehead atoms. The summed E-state index contributed by atoms with van der Waals surface area (Å²) in [5, 5.41) is 6.21. The molecular weight excluding hydrogens is 214 g/mol. The molecule has 0 aromatic carbocycles. The van der Waals surface area contributed by atoms with Crippen LogP contribution in [0.2, 0.25) is 0 Å². The number of nitrogens with zero attached hydrogens (tertiary/aromatic N) is 1. The van der Waals surface area contributed by atoms with Crippen molar-refractivity contribution in [2.45, 2.75) is 20.4 Å². The van der Waals surface area contributed by atoms with E-state index in [0.29, 0.717) is 12.5 Å². The van der Waals surface area contributed by atoms with E-state index in [2.05, 4.69) is 22.5 Å². The predicted octanol–water partition coefficient (Wildman–Crippen LogP) is 0.862. The van der Waals surface area contributed by atoms with Gasteiger partial charge in [-0.05, 0) is 31.0 Å². The molecule has 2 unspecified atom stereocenters. The molecule has 17 heavy (non-hydrogen) atoms. The minimum Gasteiger partial charge on any atom is -0.350 e. The fraction of sp³-hybridized carbons (Fsp3) is 0.538. The number of rotatable bonds is 3. The maximum atomic E-state index is 12.0. The second-order valence-electron chi connectivity index (χ2n) is 4.73. The summed E-state index contributed by atoms with van der Waals surface area (Å²) in [6.07, 6.45) is 1.76. The molecule has 1 aliphatic rings. The fourth-order valence-electron chi connectivity index (χ4n) is 2.17. The van der Waals surface area contributed by atoms with E-state index < -0.39 is 0 Å². The Labute approximate surface area is 102 Å². The van der Waals surface area contributed by atoms with Crippen molar-refractivity contribution in [3.05, 3.63) is 29.6 Å². The Balaban J connectivity index is 1.90. The zero-order chi connectivity index (χ0) is 12.3. The molecule has 0 spiro atoms. The molecule has 1 saturated heterocycles. The Bertz CT molecular complexity index is 405. The number of amides is 1. The lowest BCUT2D eigenvalue weighted by atomic mass is 9.97. The summed E-state index contributed by atoms with van der Waals surface area (Å²) in [5.41, 5.74) is 2.06. The molecule has 1 aromatic heterocycles. The normalized spacial score (nSPS) is 23.6. The molecule has 2 atom stereocenters. The van der Waals surface area contributed by atoms with Crippen molar-refractivity contribution < 1.29 is 4.79 Å². The number of nitrogens with one attached hydrogen (secondary N) is 2. The third kappa shape index (κ3) is 2.82. The lowest BCUT2D eigenvalue weighted by Crippen LogP contribution is -2.34. The Morgan fingerprint density at radius 2 is 2.41 bits per heavy atom. The summed E-state index contributed by atoms with van der Waals surface area (Å²) < 4.78 is 0. The van der Waals surface area contributed by atoms with Crippen LogP contribution in [0.5, 0.6) is 0 Å². The van der Waals surface area contributed by atoms with E-state index in [1.54, 1.807) is 6.20 Å². The van der Waals surface area contributed by atoms with Gasteiger partial charge < -0.3 is 10.6 Å². The summed E-state index contributed by atoms with van der Waals surface area (Å²) in [5.74, 6) is 0.645. The molecule has 1 aliphatic heterocycles. The average Bonchev–Trinajstić information content (AvgIpc) is 2.74. The maximum Gasteiger partial charge on any atom is 0.225 e. The van der Waals surface area contributed by atoms with Crippen molar-refractivity contribution in [2.24, 2.45) is 11.8 Å². The number of hydrogen-bond donors (Lipinski definition) is 2. The first-order valence-electron chi connectivity index (χ1n) is 6.07.